The molecule has 2 aromatic carbocycles. The lowest BCUT2D eigenvalue weighted by Gasteiger charge is -2.42. The Kier molecular flexibility index (Phi) is 4.67. The number of hydrogen-bond donors (Lipinski definition) is 2. The number of aromatic amines is 1. The van der Waals surface area contributed by atoms with Gasteiger partial charge in [0.05, 0.1) is 0 Å². The first kappa shape index (κ1) is 17.3. The summed E-state index contributed by atoms with van der Waals surface area (Å²) in [4.78, 5) is 27.4. The van der Waals surface area contributed by atoms with Gasteiger partial charge in [0.25, 0.3) is 5.91 Å². The highest BCUT2D eigenvalue weighted by Crippen LogP contribution is 2.43. The van der Waals surface area contributed by atoms with E-state index in [9.17, 15) is 9.59 Å². The van der Waals surface area contributed by atoms with Crippen LogP contribution in [0.4, 0.5) is 0 Å². The van der Waals surface area contributed by atoms with Crippen LogP contribution in [-0.4, -0.2) is 30.0 Å². The summed E-state index contributed by atoms with van der Waals surface area (Å²) in [6.45, 7) is 0.291. The summed E-state index contributed by atoms with van der Waals surface area (Å²) in [6.07, 6.45) is 3.29. The standard InChI is InChI=1S/C22H22N2O3/c25-20(23-15-22(11-6-12-22)17-8-2-1-3-9-17)14-27-21(26)19-13-16-7-4-5-10-18(16)24-19/h1-5,7-10,13,24H,6,11-12,14-15H2,(H,23,25). The molecule has 5 heteroatoms. The van der Waals surface area contributed by atoms with Crippen molar-refractivity contribution in [1.29, 1.82) is 0 Å². The molecule has 0 aliphatic heterocycles. The minimum atomic E-state index is -0.525. The van der Waals surface area contributed by atoms with Crippen LogP contribution in [-0.2, 0) is 14.9 Å². The van der Waals surface area contributed by atoms with E-state index in [0.29, 0.717) is 12.2 Å². The molecule has 0 bridgehead atoms. The van der Waals surface area contributed by atoms with Crippen molar-refractivity contribution in [2.24, 2.45) is 0 Å². The Morgan fingerprint density at radius 1 is 1.04 bits per heavy atom. The van der Waals surface area contributed by atoms with Gasteiger partial charge in [-0.25, -0.2) is 4.79 Å². The van der Waals surface area contributed by atoms with Gasteiger partial charge in [-0.1, -0.05) is 55.0 Å². The van der Waals surface area contributed by atoms with E-state index in [2.05, 4.69) is 22.4 Å². The topological polar surface area (TPSA) is 71.2 Å². The van der Waals surface area contributed by atoms with Crippen LogP contribution >= 0.6 is 0 Å². The third-order valence-corrected chi connectivity index (χ3v) is 5.41. The Balaban J connectivity index is 1.31. The summed E-state index contributed by atoms with van der Waals surface area (Å²) < 4.78 is 5.16. The zero-order chi connectivity index (χ0) is 18.7. The Labute approximate surface area is 157 Å². The lowest BCUT2D eigenvalue weighted by molar-refractivity contribution is -0.124. The molecule has 5 nitrogen and oxygen atoms in total. The number of rotatable bonds is 6. The second kappa shape index (κ2) is 7.27. The van der Waals surface area contributed by atoms with Gasteiger partial charge in [0, 0.05) is 22.9 Å². The molecular formula is C22H22N2O3. The summed E-state index contributed by atoms with van der Waals surface area (Å²) in [5.41, 5.74) is 2.48. The van der Waals surface area contributed by atoms with Crippen LogP contribution in [0, 0.1) is 0 Å². The van der Waals surface area contributed by atoms with Crippen molar-refractivity contribution in [3.05, 3.63) is 71.9 Å². The highest BCUT2D eigenvalue weighted by molar-refractivity contribution is 5.95. The van der Waals surface area contributed by atoms with Gasteiger partial charge >= 0.3 is 5.97 Å². The average Bonchev–Trinajstić information content (AvgIpc) is 3.10. The zero-order valence-electron chi connectivity index (χ0n) is 15.0. The monoisotopic (exact) mass is 362 g/mol. The lowest BCUT2D eigenvalue weighted by Crippen LogP contribution is -2.46. The third kappa shape index (κ3) is 3.58. The minimum Gasteiger partial charge on any atom is -0.451 e. The molecular weight excluding hydrogens is 340 g/mol. The van der Waals surface area contributed by atoms with Gasteiger partial charge in [-0.3, -0.25) is 4.79 Å². The molecule has 3 aromatic rings. The van der Waals surface area contributed by atoms with E-state index in [4.69, 9.17) is 4.74 Å². The molecule has 1 heterocycles. The highest BCUT2D eigenvalue weighted by atomic mass is 16.5. The summed E-state index contributed by atoms with van der Waals surface area (Å²) in [5, 5.41) is 3.86. The Morgan fingerprint density at radius 3 is 2.48 bits per heavy atom. The summed E-state index contributed by atoms with van der Waals surface area (Å²) in [6, 6.07) is 19.6. The molecule has 0 radical (unpaired) electrons. The number of aromatic nitrogens is 1. The molecule has 0 atom stereocenters. The predicted octanol–water partition coefficient (Wildman–Crippen LogP) is 3.56. The highest BCUT2D eigenvalue weighted by Gasteiger charge is 2.38. The predicted molar refractivity (Wildman–Crippen MR) is 104 cm³/mol. The number of benzene rings is 2. The summed E-state index contributed by atoms with van der Waals surface area (Å²) in [5.74, 6) is -0.801. The Hall–Kier alpha value is -3.08. The van der Waals surface area contributed by atoms with Crippen molar-refractivity contribution in [1.82, 2.24) is 10.3 Å². The maximum Gasteiger partial charge on any atom is 0.355 e. The fourth-order valence-corrected chi connectivity index (χ4v) is 3.67. The van der Waals surface area contributed by atoms with Gasteiger partial charge in [-0.2, -0.15) is 0 Å². The van der Waals surface area contributed by atoms with Gasteiger partial charge in [0.15, 0.2) is 6.61 Å². The van der Waals surface area contributed by atoms with E-state index in [1.807, 2.05) is 42.5 Å². The Bertz CT molecular complexity index is 925. The van der Waals surface area contributed by atoms with Gasteiger partial charge in [-0.15, -0.1) is 0 Å². The average molecular weight is 362 g/mol. The number of ether oxygens (including phenoxy) is 1. The number of para-hydroxylation sites is 1. The molecule has 1 aliphatic rings. The van der Waals surface area contributed by atoms with Crippen LogP contribution < -0.4 is 5.32 Å². The number of esters is 1. The molecule has 1 aliphatic carbocycles. The van der Waals surface area contributed by atoms with Crippen molar-refractivity contribution < 1.29 is 14.3 Å². The first-order chi connectivity index (χ1) is 13.2. The van der Waals surface area contributed by atoms with Gasteiger partial charge in [0.2, 0.25) is 0 Å². The molecule has 138 valence electrons. The fourth-order valence-electron chi connectivity index (χ4n) is 3.67. The van der Waals surface area contributed by atoms with Crippen LogP contribution in [0.25, 0.3) is 10.9 Å². The van der Waals surface area contributed by atoms with Gasteiger partial charge in [0.1, 0.15) is 5.69 Å². The largest absolute Gasteiger partial charge is 0.451 e. The maximum atomic E-state index is 12.2. The fraction of sp³-hybridized carbons (Fsp3) is 0.273. The van der Waals surface area contributed by atoms with Gasteiger partial charge < -0.3 is 15.0 Å². The minimum absolute atomic E-state index is 0.0120. The van der Waals surface area contributed by atoms with Crippen molar-refractivity contribution in [3.63, 3.8) is 0 Å². The smallest absolute Gasteiger partial charge is 0.355 e. The zero-order valence-corrected chi connectivity index (χ0v) is 15.0. The first-order valence-electron chi connectivity index (χ1n) is 9.23. The van der Waals surface area contributed by atoms with Crippen LogP contribution in [0.3, 0.4) is 0 Å². The number of H-pyrrole nitrogens is 1. The molecule has 1 saturated carbocycles. The van der Waals surface area contributed by atoms with E-state index >= 15 is 0 Å². The van der Waals surface area contributed by atoms with E-state index in [1.54, 1.807) is 6.07 Å². The van der Waals surface area contributed by atoms with Crippen molar-refractivity contribution in [2.75, 3.05) is 13.2 Å². The molecule has 2 N–H and O–H groups in total. The number of nitrogens with one attached hydrogen (secondary N) is 2. The summed E-state index contributed by atoms with van der Waals surface area (Å²) >= 11 is 0. The van der Waals surface area contributed by atoms with Gasteiger partial charge in [-0.05, 0) is 30.5 Å². The van der Waals surface area contributed by atoms with Crippen molar-refractivity contribution >= 4 is 22.8 Å². The van der Waals surface area contributed by atoms with Crippen LogP contribution in [0.5, 0.6) is 0 Å². The quantitative estimate of drug-likeness (QED) is 0.659. The van der Waals surface area contributed by atoms with Crippen molar-refractivity contribution in [3.8, 4) is 0 Å². The number of fused-ring (bicyclic) bond motifs is 1. The number of carbonyl (C=O) groups is 2. The van der Waals surface area contributed by atoms with E-state index in [0.717, 1.165) is 23.7 Å². The number of amides is 1. The number of carbonyl (C=O) groups excluding carboxylic acids is 2. The normalized spacial score (nSPS) is 15.1. The van der Waals surface area contributed by atoms with E-state index in [-0.39, 0.29) is 17.9 Å². The SMILES string of the molecule is O=C(COC(=O)c1cc2ccccc2[nH]1)NCC1(c2ccccc2)CCC1. The second-order valence-corrected chi connectivity index (χ2v) is 7.12. The molecule has 1 aromatic heterocycles. The Morgan fingerprint density at radius 2 is 1.78 bits per heavy atom. The molecule has 0 unspecified atom stereocenters. The molecule has 4 rings (SSSR count). The molecule has 1 amide bonds. The van der Waals surface area contributed by atoms with Crippen molar-refractivity contribution in [2.45, 2.75) is 24.7 Å². The summed E-state index contributed by atoms with van der Waals surface area (Å²) in [7, 11) is 0. The third-order valence-electron chi connectivity index (χ3n) is 5.41. The first-order valence-corrected chi connectivity index (χ1v) is 9.23. The van der Waals surface area contributed by atoms with Crippen LogP contribution in [0.15, 0.2) is 60.7 Å². The van der Waals surface area contributed by atoms with Crippen LogP contribution in [0.1, 0.15) is 35.3 Å². The molecule has 0 spiro atoms. The van der Waals surface area contributed by atoms with E-state index < -0.39 is 5.97 Å². The van der Waals surface area contributed by atoms with Crippen LogP contribution in [0.2, 0.25) is 0 Å². The maximum absolute atomic E-state index is 12.2. The second-order valence-electron chi connectivity index (χ2n) is 7.12. The molecule has 0 saturated heterocycles. The lowest BCUT2D eigenvalue weighted by atomic mass is 9.64. The number of hydrogen-bond acceptors (Lipinski definition) is 3. The molecule has 27 heavy (non-hydrogen) atoms. The molecule has 1 fully saturated rings. The van der Waals surface area contributed by atoms with E-state index in [1.165, 1.54) is 12.0 Å².